The highest BCUT2D eigenvalue weighted by Crippen LogP contribution is 2.64. The molecule has 1 heterocycles. The van der Waals surface area contributed by atoms with Crippen molar-refractivity contribution >= 4 is 66.8 Å². The van der Waals surface area contributed by atoms with Gasteiger partial charge in [-0.1, -0.05) is 194 Å². The SMILES string of the molecule is c1ccc(-c2ccc3ccccc3c2N(c2ccc3c(c2)C2(c4ccccc4-c4ccc(N(c5ccccc5)c5ccccc5)cc42)c2ccccc2-3)c2cccc3c2oc2ccccc23)cc1. The van der Waals surface area contributed by atoms with Crippen LogP contribution in [0.15, 0.2) is 259 Å². The first-order valence-corrected chi connectivity index (χ1v) is 23.4. The minimum Gasteiger partial charge on any atom is -0.454 e. The van der Waals surface area contributed by atoms with Crippen molar-refractivity contribution in [1.82, 2.24) is 0 Å². The summed E-state index contributed by atoms with van der Waals surface area (Å²) in [4.78, 5) is 4.87. The van der Waals surface area contributed by atoms with Crippen LogP contribution in [0.25, 0.3) is 66.1 Å². The Kier molecular flexibility index (Phi) is 8.50. The molecule has 3 nitrogen and oxygen atoms in total. The smallest absolute Gasteiger partial charge is 0.159 e. The summed E-state index contributed by atoms with van der Waals surface area (Å²) in [6.07, 6.45) is 0. The average molecular weight is 867 g/mol. The maximum Gasteiger partial charge on any atom is 0.159 e. The number of fused-ring (bicyclic) bond motifs is 14. The van der Waals surface area contributed by atoms with Crippen LogP contribution in [-0.2, 0) is 5.41 Å². The van der Waals surface area contributed by atoms with Crippen LogP contribution in [0.2, 0.25) is 0 Å². The first-order valence-electron chi connectivity index (χ1n) is 23.4. The molecule has 0 radical (unpaired) electrons. The van der Waals surface area contributed by atoms with Crippen molar-refractivity contribution in [2.75, 3.05) is 9.80 Å². The second-order valence-corrected chi connectivity index (χ2v) is 17.9. The molecule has 0 bridgehead atoms. The summed E-state index contributed by atoms with van der Waals surface area (Å²) in [6.45, 7) is 0. The fourth-order valence-corrected chi connectivity index (χ4v) is 11.6. The van der Waals surface area contributed by atoms with E-state index in [1.54, 1.807) is 0 Å². The van der Waals surface area contributed by atoms with Gasteiger partial charge in [-0.2, -0.15) is 0 Å². The predicted molar refractivity (Wildman–Crippen MR) is 282 cm³/mol. The highest BCUT2D eigenvalue weighted by Gasteiger charge is 2.52. The van der Waals surface area contributed by atoms with Crippen molar-refractivity contribution in [2.45, 2.75) is 5.41 Å². The van der Waals surface area contributed by atoms with E-state index in [1.165, 1.54) is 49.9 Å². The van der Waals surface area contributed by atoms with Gasteiger partial charge in [-0.05, 0) is 116 Å². The van der Waals surface area contributed by atoms with Crippen molar-refractivity contribution in [3.8, 4) is 33.4 Å². The molecular weight excluding hydrogens is 825 g/mol. The molecule has 318 valence electrons. The third-order valence-corrected chi connectivity index (χ3v) is 14.4. The Bertz CT molecular complexity index is 3880. The number of nitrogens with zero attached hydrogens (tertiary/aromatic N) is 2. The Morgan fingerprint density at radius 2 is 0.809 bits per heavy atom. The molecule has 12 aromatic rings. The summed E-state index contributed by atoms with van der Waals surface area (Å²) in [5.41, 5.74) is 20.0. The molecule has 0 fully saturated rings. The fourth-order valence-electron chi connectivity index (χ4n) is 11.6. The zero-order valence-corrected chi connectivity index (χ0v) is 37.1. The molecule has 0 N–H and O–H groups in total. The Labute approximate surface area is 395 Å². The molecular formula is C65H42N2O. The van der Waals surface area contributed by atoms with E-state index < -0.39 is 5.41 Å². The minimum atomic E-state index is -0.624. The largest absolute Gasteiger partial charge is 0.454 e. The number of rotatable bonds is 7. The lowest BCUT2D eigenvalue weighted by Crippen LogP contribution is -2.26. The van der Waals surface area contributed by atoms with Crippen LogP contribution in [0.3, 0.4) is 0 Å². The minimum absolute atomic E-state index is 0.624. The van der Waals surface area contributed by atoms with Gasteiger partial charge < -0.3 is 14.2 Å². The van der Waals surface area contributed by atoms with E-state index in [0.29, 0.717) is 0 Å². The monoisotopic (exact) mass is 866 g/mol. The first-order chi connectivity index (χ1) is 33.8. The maximum atomic E-state index is 6.96. The normalized spacial score (nSPS) is 14.2. The van der Waals surface area contributed by atoms with Crippen LogP contribution in [0.5, 0.6) is 0 Å². The number of hydrogen-bond donors (Lipinski definition) is 0. The van der Waals surface area contributed by atoms with Crippen LogP contribution in [0.4, 0.5) is 34.1 Å². The van der Waals surface area contributed by atoms with Crippen molar-refractivity contribution in [3.63, 3.8) is 0 Å². The van der Waals surface area contributed by atoms with E-state index in [-0.39, 0.29) is 0 Å². The first kappa shape index (κ1) is 38.4. The van der Waals surface area contributed by atoms with Gasteiger partial charge in [0.15, 0.2) is 5.58 Å². The molecule has 11 aromatic carbocycles. The second-order valence-electron chi connectivity index (χ2n) is 17.9. The van der Waals surface area contributed by atoms with Gasteiger partial charge in [-0.15, -0.1) is 0 Å². The van der Waals surface area contributed by atoms with Crippen molar-refractivity contribution in [2.24, 2.45) is 0 Å². The molecule has 2 aliphatic carbocycles. The zero-order chi connectivity index (χ0) is 44.8. The lowest BCUT2D eigenvalue weighted by Gasteiger charge is -2.34. The Hall–Kier alpha value is -8.92. The molecule has 1 spiro atoms. The third kappa shape index (κ3) is 5.54. The lowest BCUT2D eigenvalue weighted by molar-refractivity contribution is 0.669. The molecule has 3 heteroatoms. The van der Waals surface area contributed by atoms with Crippen molar-refractivity contribution in [1.29, 1.82) is 0 Å². The fraction of sp³-hybridized carbons (Fsp3) is 0.0154. The van der Waals surface area contributed by atoms with Crippen molar-refractivity contribution in [3.05, 3.63) is 277 Å². The van der Waals surface area contributed by atoms with Crippen LogP contribution in [0.1, 0.15) is 22.3 Å². The second kappa shape index (κ2) is 15.1. The molecule has 0 amide bonds. The Balaban J connectivity index is 1.08. The summed E-state index contributed by atoms with van der Waals surface area (Å²) in [5, 5.41) is 4.51. The summed E-state index contributed by atoms with van der Waals surface area (Å²) in [5.74, 6) is 0. The summed E-state index contributed by atoms with van der Waals surface area (Å²) in [6, 6.07) is 93.1. The molecule has 68 heavy (non-hydrogen) atoms. The summed E-state index contributed by atoms with van der Waals surface area (Å²) in [7, 11) is 0. The molecule has 1 unspecified atom stereocenters. The predicted octanol–water partition coefficient (Wildman–Crippen LogP) is 17.7. The van der Waals surface area contributed by atoms with E-state index in [9.17, 15) is 0 Å². The molecule has 2 aliphatic rings. The maximum absolute atomic E-state index is 6.96. The highest BCUT2D eigenvalue weighted by atomic mass is 16.3. The Morgan fingerprint density at radius 1 is 0.309 bits per heavy atom. The molecule has 0 aliphatic heterocycles. The number of hydrogen-bond acceptors (Lipinski definition) is 3. The van der Waals surface area contributed by atoms with Gasteiger partial charge in [-0.25, -0.2) is 0 Å². The van der Waals surface area contributed by atoms with Crippen LogP contribution in [-0.4, -0.2) is 0 Å². The van der Waals surface area contributed by atoms with Gasteiger partial charge >= 0.3 is 0 Å². The topological polar surface area (TPSA) is 19.6 Å². The van der Waals surface area contributed by atoms with Gasteiger partial charge in [0.2, 0.25) is 0 Å². The van der Waals surface area contributed by atoms with Crippen LogP contribution >= 0.6 is 0 Å². The highest BCUT2D eigenvalue weighted by molar-refractivity contribution is 6.14. The van der Waals surface area contributed by atoms with Crippen LogP contribution < -0.4 is 9.80 Å². The number of benzene rings is 11. The Morgan fingerprint density at radius 3 is 1.47 bits per heavy atom. The van der Waals surface area contributed by atoms with Crippen LogP contribution in [0, 0.1) is 0 Å². The summed E-state index contributed by atoms with van der Waals surface area (Å²) >= 11 is 0. The lowest BCUT2D eigenvalue weighted by atomic mass is 9.70. The quantitative estimate of drug-likeness (QED) is 0.159. The summed E-state index contributed by atoms with van der Waals surface area (Å²) < 4.78 is 6.96. The van der Waals surface area contributed by atoms with E-state index in [0.717, 1.165) is 72.6 Å². The van der Waals surface area contributed by atoms with Crippen molar-refractivity contribution < 1.29 is 4.42 Å². The zero-order valence-electron chi connectivity index (χ0n) is 37.1. The number of para-hydroxylation sites is 4. The van der Waals surface area contributed by atoms with Gasteiger partial charge in [0.1, 0.15) is 5.58 Å². The molecule has 0 saturated heterocycles. The van der Waals surface area contributed by atoms with Gasteiger partial charge in [0.05, 0.1) is 16.8 Å². The number of furan rings is 1. The molecule has 0 saturated carbocycles. The van der Waals surface area contributed by atoms with E-state index in [2.05, 4.69) is 265 Å². The molecule has 1 atom stereocenters. The van der Waals surface area contributed by atoms with Gasteiger partial charge in [0.25, 0.3) is 0 Å². The standard InChI is InChI=1S/C65H42N2O/c1-4-19-43(20-5-1)50-38-35-44-21-10-11-26-49(44)63(50)67(61-33-18-30-56-55-29-14-17-34-62(55)68-64(56)61)48-37-40-54-52-28-13-16-32-58(52)65(60(54)42-48)57-31-15-12-27-51(57)53-39-36-47(41-59(53)65)66(45-22-6-2-7-23-45)46-24-8-3-9-25-46/h1-42H. The molecule has 14 rings (SSSR count). The average Bonchev–Trinajstić information content (AvgIpc) is 4.04. The molecule has 1 aromatic heterocycles. The van der Waals surface area contributed by atoms with E-state index >= 15 is 0 Å². The van der Waals surface area contributed by atoms with E-state index in [1.807, 2.05) is 0 Å². The van der Waals surface area contributed by atoms with Gasteiger partial charge in [-0.3, -0.25) is 0 Å². The third-order valence-electron chi connectivity index (χ3n) is 14.4. The number of anilines is 6. The van der Waals surface area contributed by atoms with E-state index in [4.69, 9.17) is 4.42 Å². The van der Waals surface area contributed by atoms with Gasteiger partial charge in [0, 0.05) is 44.5 Å².